The van der Waals surface area contributed by atoms with Crippen molar-refractivity contribution in [2.24, 2.45) is 0 Å². The maximum atomic E-state index is 13.1. The van der Waals surface area contributed by atoms with Crippen LogP contribution < -0.4 is 14.8 Å². The summed E-state index contributed by atoms with van der Waals surface area (Å²) in [5.74, 6) is -1.09. The summed E-state index contributed by atoms with van der Waals surface area (Å²) in [7, 11) is -3.93. The van der Waals surface area contributed by atoms with E-state index in [1.165, 1.54) is 41.3 Å². The van der Waals surface area contributed by atoms with E-state index >= 15 is 0 Å². The number of rotatable bonds is 13. The van der Waals surface area contributed by atoms with Gasteiger partial charge in [0.2, 0.25) is 5.91 Å². The Morgan fingerprint density at radius 1 is 1.03 bits per heavy atom. The molecule has 3 aromatic carbocycles. The van der Waals surface area contributed by atoms with Crippen molar-refractivity contribution in [3.63, 3.8) is 0 Å². The summed E-state index contributed by atoms with van der Waals surface area (Å²) in [6.07, 6.45) is 0.387. The van der Waals surface area contributed by atoms with Gasteiger partial charge in [-0.25, -0.2) is 12.8 Å². The topological polar surface area (TPSA) is 125 Å². The molecular weight excluding hydrogens is 549 g/mol. The standard InChI is InChI=1S/C27H29ClFN3O6S/c1-19(27(35)30-15-2-16-33)32(17-20-3-5-21(28)6-4-20)26(34)18-38-24-11-13-25(14-12-24)39(36,37)31-23-9-7-22(29)8-10-23/h3-14,19,31,33H,2,15-18H2,1H3,(H,30,35). The number of hydrogen-bond acceptors (Lipinski definition) is 6. The lowest BCUT2D eigenvalue weighted by Gasteiger charge is -2.28. The second-order valence-electron chi connectivity index (χ2n) is 8.56. The number of carbonyl (C=O) groups excluding carboxylic acids is 2. The van der Waals surface area contributed by atoms with Gasteiger partial charge in [0, 0.05) is 30.4 Å². The molecule has 0 aliphatic heterocycles. The van der Waals surface area contributed by atoms with Gasteiger partial charge in [-0.05, 0) is 79.6 Å². The lowest BCUT2D eigenvalue weighted by Crippen LogP contribution is -2.49. The molecular formula is C27H29ClFN3O6S. The number of amides is 2. The molecule has 0 aromatic heterocycles. The van der Waals surface area contributed by atoms with Gasteiger partial charge >= 0.3 is 0 Å². The Kier molecular flexibility index (Phi) is 10.7. The molecule has 1 unspecified atom stereocenters. The zero-order chi connectivity index (χ0) is 28.4. The average Bonchev–Trinajstić information content (AvgIpc) is 2.92. The SMILES string of the molecule is CC(C(=O)NCCCO)N(Cc1ccc(Cl)cc1)C(=O)COc1ccc(S(=O)(=O)Nc2ccc(F)cc2)cc1. The molecule has 0 saturated carbocycles. The molecule has 2 amide bonds. The van der Waals surface area contributed by atoms with Crippen LogP contribution >= 0.6 is 11.6 Å². The number of nitrogens with zero attached hydrogens (tertiary/aromatic N) is 1. The number of aliphatic hydroxyl groups is 1. The van der Waals surface area contributed by atoms with Crippen LogP contribution in [0, 0.1) is 5.82 Å². The molecule has 0 spiro atoms. The molecule has 9 nitrogen and oxygen atoms in total. The van der Waals surface area contributed by atoms with Crippen LogP contribution in [0.5, 0.6) is 5.75 Å². The summed E-state index contributed by atoms with van der Waals surface area (Å²) >= 11 is 5.96. The minimum atomic E-state index is -3.93. The van der Waals surface area contributed by atoms with Gasteiger partial charge in [0.15, 0.2) is 6.61 Å². The van der Waals surface area contributed by atoms with Gasteiger partial charge < -0.3 is 20.1 Å². The summed E-state index contributed by atoms with van der Waals surface area (Å²) in [5.41, 5.74) is 0.962. The number of halogens is 2. The van der Waals surface area contributed by atoms with Gasteiger partial charge in [-0.3, -0.25) is 14.3 Å². The molecule has 3 N–H and O–H groups in total. The smallest absolute Gasteiger partial charge is 0.261 e. The predicted molar refractivity (Wildman–Crippen MR) is 145 cm³/mol. The first kappa shape index (κ1) is 29.9. The van der Waals surface area contributed by atoms with E-state index in [0.29, 0.717) is 11.4 Å². The van der Waals surface area contributed by atoms with E-state index in [1.54, 1.807) is 31.2 Å². The number of carbonyl (C=O) groups is 2. The normalized spacial score (nSPS) is 11.9. The van der Waals surface area contributed by atoms with Gasteiger partial charge in [0.05, 0.1) is 4.90 Å². The van der Waals surface area contributed by atoms with Crippen molar-refractivity contribution in [3.05, 3.63) is 89.2 Å². The molecule has 1 atom stereocenters. The van der Waals surface area contributed by atoms with E-state index < -0.39 is 34.4 Å². The van der Waals surface area contributed by atoms with Crippen molar-refractivity contribution in [1.82, 2.24) is 10.2 Å². The fourth-order valence-electron chi connectivity index (χ4n) is 3.48. The molecule has 12 heteroatoms. The number of aliphatic hydroxyl groups excluding tert-OH is 1. The Morgan fingerprint density at radius 2 is 1.67 bits per heavy atom. The van der Waals surface area contributed by atoms with Gasteiger partial charge in [-0.15, -0.1) is 0 Å². The van der Waals surface area contributed by atoms with Crippen LogP contribution in [0.1, 0.15) is 18.9 Å². The summed E-state index contributed by atoms with van der Waals surface area (Å²) in [6, 6.07) is 16.4. The molecule has 3 rings (SSSR count). The Hall–Kier alpha value is -3.67. The molecule has 0 radical (unpaired) electrons. The zero-order valence-electron chi connectivity index (χ0n) is 21.1. The summed E-state index contributed by atoms with van der Waals surface area (Å²) < 4.78 is 46.3. The monoisotopic (exact) mass is 577 g/mol. The van der Waals surface area contributed by atoms with Crippen LogP contribution in [-0.4, -0.2) is 56.0 Å². The van der Waals surface area contributed by atoms with Gasteiger partial charge in [-0.2, -0.15) is 0 Å². The highest BCUT2D eigenvalue weighted by Crippen LogP contribution is 2.20. The predicted octanol–water partition coefficient (Wildman–Crippen LogP) is 3.57. The molecule has 0 saturated heterocycles. The lowest BCUT2D eigenvalue weighted by atomic mass is 10.1. The van der Waals surface area contributed by atoms with Gasteiger partial charge in [0.25, 0.3) is 15.9 Å². The number of hydrogen-bond donors (Lipinski definition) is 3. The summed E-state index contributed by atoms with van der Waals surface area (Å²) in [4.78, 5) is 27.1. The first-order chi connectivity index (χ1) is 18.6. The molecule has 3 aromatic rings. The van der Waals surface area contributed by atoms with E-state index in [2.05, 4.69) is 10.0 Å². The third-order valence-corrected chi connectivity index (χ3v) is 7.31. The van der Waals surface area contributed by atoms with Crippen molar-refractivity contribution in [2.45, 2.75) is 30.8 Å². The van der Waals surface area contributed by atoms with Gasteiger partial charge in [-0.1, -0.05) is 23.7 Å². The van der Waals surface area contributed by atoms with Crippen molar-refractivity contribution in [1.29, 1.82) is 0 Å². The maximum Gasteiger partial charge on any atom is 0.261 e. The minimum Gasteiger partial charge on any atom is -0.484 e. The van der Waals surface area contributed by atoms with Crippen LogP contribution in [-0.2, 0) is 26.2 Å². The number of anilines is 1. The molecule has 0 heterocycles. The highest BCUT2D eigenvalue weighted by molar-refractivity contribution is 7.92. The van der Waals surface area contributed by atoms with E-state index in [1.807, 2.05) is 0 Å². The third kappa shape index (κ3) is 8.95. The zero-order valence-corrected chi connectivity index (χ0v) is 22.7. The van der Waals surface area contributed by atoms with Crippen molar-refractivity contribution >= 4 is 39.1 Å². The van der Waals surface area contributed by atoms with Crippen LogP contribution in [0.3, 0.4) is 0 Å². The molecule has 0 fully saturated rings. The highest BCUT2D eigenvalue weighted by Gasteiger charge is 2.26. The van der Waals surface area contributed by atoms with Crippen LogP contribution in [0.15, 0.2) is 77.7 Å². The Bertz CT molecular complexity index is 1350. The summed E-state index contributed by atoms with van der Waals surface area (Å²) in [6.45, 7) is 1.51. The average molecular weight is 578 g/mol. The Morgan fingerprint density at radius 3 is 2.28 bits per heavy atom. The first-order valence-corrected chi connectivity index (χ1v) is 13.9. The minimum absolute atomic E-state index is 0.0527. The number of sulfonamides is 1. The fourth-order valence-corrected chi connectivity index (χ4v) is 4.67. The van der Waals surface area contributed by atoms with E-state index in [9.17, 15) is 22.4 Å². The highest BCUT2D eigenvalue weighted by atomic mass is 35.5. The van der Waals surface area contributed by atoms with E-state index in [0.717, 1.165) is 17.7 Å². The van der Waals surface area contributed by atoms with Gasteiger partial charge in [0.1, 0.15) is 17.6 Å². The molecule has 0 aliphatic rings. The molecule has 39 heavy (non-hydrogen) atoms. The fraction of sp³-hybridized carbons (Fsp3) is 0.259. The van der Waals surface area contributed by atoms with E-state index in [4.69, 9.17) is 21.4 Å². The number of benzene rings is 3. The Labute approximate surface area is 231 Å². The lowest BCUT2D eigenvalue weighted by molar-refractivity contribution is -0.142. The Balaban J connectivity index is 1.67. The van der Waals surface area contributed by atoms with Crippen molar-refractivity contribution in [3.8, 4) is 5.75 Å². The molecule has 0 bridgehead atoms. The van der Waals surface area contributed by atoms with Crippen LogP contribution in [0.4, 0.5) is 10.1 Å². The van der Waals surface area contributed by atoms with Crippen LogP contribution in [0.25, 0.3) is 0 Å². The van der Waals surface area contributed by atoms with Crippen molar-refractivity contribution in [2.75, 3.05) is 24.5 Å². The first-order valence-electron chi connectivity index (χ1n) is 12.0. The van der Waals surface area contributed by atoms with E-state index in [-0.39, 0.29) is 41.9 Å². The maximum absolute atomic E-state index is 13.1. The molecule has 208 valence electrons. The molecule has 0 aliphatic carbocycles. The number of ether oxygens (including phenoxy) is 1. The second kappa shape index (κ2) is 13.9. The number of nitrogens with one attached hydrogen (secondary N) is 2. The quantitative estimate of drug-likeness (QED) is 0.267. The second-order valence-corrected chi connectivity index (χ2v) is 10.7. The summed E-state index contributed by atoms with van der Waals surface area (Å²) in [5, 5.41) is 12.2. The van der Waals surface area contributed by atoms with Crippen LogP contribution in [0.2, 0.25) is 5.02 Å². The largest absolute Gasteiger partial charge is 0.484 e. The van der Waals surface area contributed by atoms with Crippen molar-refractivity contribution < 1.29 is 32.2 Å². The third-order valence-electron chi connectivity index (χ3n) is 5.66.